The van der Waals surface area contributed by atoms with Crippen LogP contribution in [0.1, 0.15) is 11.1 Å². The molecule has 0 saturated heterocycles. The molecule has 1 aliphatic heterocycles. The molecule has 0 saturated carbocycles. The number of para-hydroxylation sites is 1. The summed E-state index contributed by atoms with van der Waals surface area (Å²) in [5, 5.41) is 3.62. The summed E-state index contributed by atoms with van der Waals surface area (Å²) in [5.41, 5.74) is 1.44. The second kappa shape index (κ2) is 7.09. The Hall–Kier alpha value is -2.28. The number of nitrogens with one attached hydrogen (secondary N) is 1. The third kappa shape index (κ3) is 3.31. The first-order valence-corrected chi connectivity index (χ1v) is 8.67. The summed E-state index contributed by atoms with van der Waals surface area (Å²) in [6, 6.07) is 7.58. The first-order chi connectivity index (χ1) is 11.6. The molecule has 1 unspecified atom stereocenters. The molecule has 2 aromatic rings. The van der Waals surface area contributed by atoms with Gasteiger partial charge in [-0.15, -0.1) is 0 Å². The fourth-order valence-corrected chi connectivity index (χ4v) is 3.68. The number of carbonyl (C=O) groups is 1. The van der Waals surface area contributed by atoms with Crippen molar-refractivity contribution in [1.82, 2.24) is 14.9 Å². The van der Waals surface area contributed by atoms with Gasteiger partial charge >= 0.3 is 0 Å². The standard InChI is InChI=1S/C17H19N3O3S/c1-11-7-19-17-20(16(11)22)9-13(10-24-17)15(21)18-8-12-5-3-4-6-14(12)23-2/h3-7,13H,8-10H2,1-2H3,(H,18,21). The van der Waals surface area contributed by atoms with Crippen molar-refractivity contribution in [3.63, 3.8) is 0 Å². The van der Waals surface area contributed by atoms with Crippen LogP contribution < -0.4 is 15.6 Å². The second-order valence-corrected chi connectivity index (χ2v) is 6.66. The van der Waals surface area contributed by atoms with Crippen LogP contribution in [0.4, 0.5) is 0 Å². The van der Waals surface area contributed by atoms with E-state index in [0.717, 1.165) is 11.3 Å². The fourth-order valence-electron chi connectivity index (χ4n) is 2.64. The average molecular weight is 345 g/mol. The average Bonchev–Trinajstić information content (AvgIpc) is 2.62. The lowest BCUT2D eigenvalue weighted by Gasteiger charge is -2.24. The molecule has 0 radical (unpaired) electrons. The van der Waals surface area contributed by atoms with Crippen molar-refractivity contribution in [3.05, 3.63) is 51.9 Å². The molecular weight excluding hydrogens is 326 g/mol. The van der Waals surface area contributed by atoms with Crippen molar-refractivity contribution >= 4 is 17.7 Å². The molecule has 0 bridgehead atoms. The van der Waals surface area contributed by atoms with Crippen LogP contribution in [0.3, 0.4) is 0 Å². The van der Waals surface area contributed by atoms with Gasteiger partial charge in [-0.25, -0.2) is 4.98 Å². The second-order valence-electron chi connectivity index (χ2n) is 5.68. The molecule has 0 fully saturated rings. The number of ether oxygens (including phenoxy) is 1. The minimum Gasteiger partial charge on any atom is -0.496 e. The van der Waals surface area contributed by atoms with Crippen LogP contribution in [-0.4, -0.2) is 28.3 Å². The molecule has 2 heterocycles. The molecule has 7 heteroatoms. The molecule has 0 aliphatic carbocycles. The van der Waals surface area contributed by atoms with Crippen molar-refractivity contribution in [3.8, 4) is 5.75 Å². The monoisotopic (exact) mass is 345 g/mol. The molecule has 1 aromatic heterocycles. The van der Waals surface area contributed by atoms with E-state index < -0.39 is 0 Å². The zero-order chi connectivity index (χ0) is 17.1. The first kappa shape index (κ1) is 16.6. The minimum atomic E-state index is -0.251. The molecule has 1 atom stereocenters. The Kier molecular flexibility index (Phi) is 4.89. The number of hydrogen-bond acceptors (Lipinski definition) is 5. The Labute approximate surface area is 144 Å². The highest BCUT2D eigenvalue weighted by atomic mass is 32.2. The van der Waals surface area contributed by atoms with E-state index >= 15 is 0 Å². The van der Waals surface area contributed by atoms with Gasteiger partial charge in [0, 0.05) is 36.2 Å². The van der Waals surface area contributed by atoms with Crippen molar-refractivity contribution in [2.24, 2.45) is 5.92 Å². The summed E-state index contributed by atoms with van der Waals surface area (Å²) in [6.07, 6.45) is 1.59. The topological polar surface area (TPSA) is 73.2 Å². The highest BCUT2D eigenvalue weighted by molar-refractivity contribution is 7.99. The lowest BCUT2D eigenvalue weighted by atomic mass is 10.1. The minimum absolute atomic E-state index is 0.0625. The van der Waals surface area contributed by atoms with Crippen LogP contribution in [0, 0.1) is 12.8 Å². The maximum absolute atomic E-state index is 12.5. The summed E-state index contributed by atoms with van der Waals surface area (Å²) in [5.74, 6) is 1.05. The molecule has 0 spiro atoms. The van der Waals surface area contributed by atoms with E-state index in [1.54, 1.807) is 24.8 Å². The molecule has 1 aromatic carbocycles. The van der Waals surface area contributed by atoms with Gasteiger partial charge in [0.2, 0.25) is 5.91 Å². The van der Waals surface area contributed by atoms with Gasteiger partial charge in [0.25, 0.3) is 5.56 Å². The number of hydrogen-bond donors (Lipinski definition) is 1. The molecule has 1 N–H and O–H groups in total. The number of carbonyl (C=O) groups excluding carboxylic acids is 1. The van der Waals surface area contributed by atoms with Gasteiger partial charge < -0.3 is 10.1 Å². The van der Waals surface area contributed by atoms with E-state index in [0.29, 0.717) is 29.6 Å². The van der Waals surface area contributed by atoms with Crippen LogP contribution in [0.5, 0.6) is 5.75 Å². The number of aromatic nitrogens is 2. The smallest absolute Gasteiger partial charge is 0.257 e. The summed E-state index contributed by atoms with van der Waals surface area (Å²) in [7, 11) is 1.61. The van der Waals surface area contributed by atoms with E-state index in [1.807, 2.05) is 24.3 Å². The maximum atomic E-state index is 12.5. The van der Waals surface area contributed by atoms with Crippen molar-refractivity contribution < 1.29 is 9.53 Å². The lowest BCUT2D eigenvalue weighted by molar-refractivity contribution is -0.125. The van der Waals surface area contributed by atoms with Crippen LogP contribution in [0.25, 0.3) is 0 Å². The Morgan fingerprint density at radius 3 is 3.04 bits per heavy atom. The van der Waals surface area contributed by atoms with Crippen molar-refractivity contribution in [2.45, 2.75) is 25.2 Å². The van der Waals surface area contributed by atoms with Gasteiger partial charge in [-0.05, 0) is 13.0 Å². The number of rotatable bonds is 4. The van der Waals surface area contributed by atoms with Gasteiger partial charge in [-0.3, -0.25) is 14.2 Å². The summed E-state index contributed by atoms with van der Waals surface area (Å²) >= 11 is 1.44. The largest absolute Gasteiger partial charge is 0.496 e. The summed E-state index contributed by atoms with van der Waals surface area (Å²) < 4.78 is 6.88. The van der Waals surface area contributed by atoms with Gasteiger partial charge in [0.05, 0.1) is 13.0 Å². The Balaban J connectivity index is 1.68. The molecule has 3 rings (SSSR count). The number of nitrogens with zero attached hydrogens (tertiary/aromatic N) is 2. The van der Waals surface area contributed by atoms with Crippen LogP contribution in [0.15, 0.2) is 40.4 Å². The number of amides is 1. The van der Waals surface area contributed by atoms with Crippen LogP contribution in [0.2, 0.25) is 0 Å². The third-order valence-electron chi connectivity index (χ3n) is 4.01. The Morgan fingerprint density at radius 2 is 2.25 bits per heavy atom. The number of benzene rings is 1. The van der Waals surface area contributed by atoms with E-state index in [9.17, 15) is 9.59 Å². The molecule has 6 nitrogen and oxygen atoms in total. The molecule has 24 heavy (non-hydrogen) atoms. The Bertz CT molecular complexity index is 819. The highest BCUT2D eigenvalue weighted by Crippen LogP contribution is 2.25. The Morgan fingerprint density at radius 1 is 1.46 bits per heavy atom. The van der Waals surface area contributed by atoms with Crippen molar-refractivity contribution in [2.75, 3.05) is 12.9 Å². The van der Waals surface area contributed by atoms with E-state index in [-0.39, 0.29) is 17.4 Å². The van der Waals surface area contributed by atoms with Gasteiger partial charge in [-0.2, -0.15) is 0 Å². The predicted octanol–water partition coefficient (Wildman–Crippen LogP) is 1.60. The lowest BCUT2D eigenvalue weighted by Crippen LogP contribution is -2.40. The summed E-state index contributed by atoms with van der Waals surface area (Å²) in [6.45, 7) is 2.50. The zero-order valence-electron chi connectivity index (χ0n) is 13.6. The SMILES string of the molecule is COc1ccccc1CNC(=O)C1CSc2ncc(C)c(=O)n2C1. The van der Waals surface area contributed by atoms with E-state index in [2.05, 4.69) is 10.3 Å². The molecule has 126 valence electrons. The van der Waals surface area contributed by atoms with Crippen molar-refractivity contribution in [1.29, 1.82) is 0 Å². The fraction of sp³-hybridized carbons (Fsp3) is 0.353. The molecule has 1 aliphatic rings. The molecular formula is C17H19N3O3S. The first-order valence-electron chi connectivity index (χ1n) is 7.69. The number of methoxy groups -OCH3 is 1. The van der Waals surface area contributed by atoms with Crippen LogP contribution >= 0.6 is 11.8 Å². The third-order valence-corrected chi connectivity index (χ3v) is 5.17. The highest BCUT2D eigenvalue weighted by Gasteiger charge is 2.26. The molecule has 1 amide bonds. The van der Waals surface area contributed by atoms with Gasteiger partial charge in [0.15, 0.2) is 5.16 Å². The van der Waals surface area contributed by atoms with E-state index in [4.69, 9.17) is 4.74 Å². The zero-order valence-corrected chi connectivity index (χ0v) is 14.4. The van der Waals surface area contributed by atoms with Gasteiger partial charge in [0.1, 0.15) is 5.75 Å². The quantitative estimate of drug-likeness (QED) is 0.852. The maximum Gasteiger partial charge on any atom is 0.257 e. The van der Waals surface area contributed by atoms with Crippen LogP contribution in [-0.2, 0) is 17.9 Å². The van der Waals surface area contributed by atoms with E-state index in [1.165, 1.54) is 11.8 Å². The normalized spacial score (nSPS) is 16.3. The number of aryl methyl sites for hydroxylation is 1. The number of fused-ring (bicyclic) bond motifs is 1. The summed E-state index contributed by atoms with van der Waals surface area (Å²) in [4.78, 5) is 28.9. The number of thioether (sulfide) groups is 1. The predicted molar refractivity (Wildman–Crippen MR) is 92.3 cm³/mol. The van der Waals surface area contributed by atoms with Gasteiger partial charge in [-0.1, -0.05) is 30.0 Å².